The van der Waals surface area contributed by atoms with Crippen LogP contribution in [0.15, 0.2) is 102 Å². The molecule has 0 aliphatic rings. The van der Waals surface area contributed by atoms with Crippen LogP contribution in [0, 0.1) is 27.7 Å². The molecule has 4 rings (SSSR count). The van der Waals surface area contributed by atoms with Crippen LogP contribution in [0.2, 0.25) is 0 Å². The number of amides is 2. The van der Waals surface area contributed by atoms with Gasteiger partial charge in [-0.25, -0.2) is 8.42 Å². The first-order chi connectivity index (χ1) is 21.4. The zero-order valence-electron chi connectivity index (χ0n) is 26.9. The summed E-state index contributed by atoms with van der Waals surface area (Å²) in [5, 5.41) is 3.00. The smallest absolute Gasteiger partial charge is 0.264 e. The van der Waals surface area contributed by atoms with Gasteiger partial charge in [-0.3, -0.25) is 13.9 Å². The van der Waals surface area contributed by atoms with Gasteiger partial charge in [0.2, 0.25) is 11.8 Å². The number of nitrogens with zero attached hydrogens (tertiary/aromatic N) is 2. The largest absolute Gasteiger partial charge is 0.352 e. The van der Waals surface area contributed by atoms with E-state index < -0.39 is 28.5 Å². The molecule has 0 saturated heterocycles. The molecular formula is C37H43N3O4S. The van der Waals surface area contributed by atoms with E-state index >= 15 is 0 Å². The SMILES string of the molecule is Cc1ccc(S(=O)(=O)N(CC(=O)N(Cc2ccccc2C)[C@@H](Cc2ccccc2)C(=O)NC(C)C)c2ccc(C)cc2C)cc1. The first-order valence-corrected chi connectivity index (χ1v) is 16.7. The Morgan fingerprint density at radius 3 is 2.00 bits per heavy atom. The molecule has 0 heterocycles. The first kappa shape index (κ1) is 33.5. The number of anilines is 1. The van der Waals surface area contributed by atoms with Gasteiger partial charge in [0.1, 0.15) is 12.6 Å². The topological polar surface area (TPSA) is 86.8 Å². The molecule has 0 spiro atoms. The summed E-state index contributed by atoms with van der Waals surface area (Å²) in [6.45, 7) is 11.0. The van der Waals surface area contributed by atoms with E-state index in [1.807, 2.05) is 108 Å². The zero-order chi connectivity index (χ0) is 32.7. The third-order valence-electron chi connectivity index (χ3n) is 7.81. The molecule has 4 aromatic carbocycles. The average molecular weight is 626 g/mol. The Morgan fingerprint density at radius 1 is 0.756 bits per heavy atom. The Hall–Kier alpha value is -4.43. The van der Waals surface area contributed by atoms with Crippen molar-refractivity contribution in [3.05, 3.63) is 130 Å². The van der Waals surface area contributed by atoms with E-state index in [0.717, 1.165) is 33.4 Å². The van der Waals surface area contributed by atoms with E-state index in [1.54, 1.807) is 30.3 Å². The summed E-state index contributed by atoms with van der Waals surface area (Å²) in [6.07, 6.45) is 0.269. The first-order valence-electron chi connectivity index (χ1n) is 15.2. The molecule has 45 heavy (non-hydrogen) atoms. The second-order valence-electron chi connectivity index (χ2n) is 11.9. The van der Waals surface area contributed by atoms with E-state index in [2.05, 4.69) is 5.32 Å². The van der Waals surface area contributed by atoms with Gasteiger partial charge in [0.25, 0.3) is 10.0 Å². The molecule has 0 aliphatic heterocycles. The van der Waals surface area contributed by atoms with Crippen molar-refractivity contribution in [3.63, 3.8) is 0 Å². The van der Waals surface area contributed by atoms with Gasteiger partial charge in [0.05, 0.1) is 10.6 Å². The number of carbonyl (C=O) groups excluding carboxylic acids is 2. The maximum absolute atomic E-state index is 14.6. The maximum Gasteiger partial charge on any atom is 0.264 e. The average Bonchev–Trinajstić information content (AvgIpc) is 2.99. The van der Waals surface area contributed by atoms with Crippen molar-refractivity contribution < 1.29 is 18.0 Å². The lowest BCUT2D eigenvalue weighted by atomic mass is 10.0. The van der Waals surface area contributed by atoms with Crippen LogP contribution in [0.5, 0.6) is 0 Å². The fourth-order valence-electron chi connectivity index (χ4n) is 5.34. The molecule has 4 aromatic rings. The number of benzene rings is 4. The summed E-state index contributed by atoms with van der Waals surface area (Å²) in [4.78, 5) is 30.1. The van der Waals surface area contributed by atoms with Crippen molar-refractivity contribution >= 4 is 27.5 Å². The van der Waals surface area contributed by atoms with E-state index in [0.29, 0.717) is 5.69 Å². The van der Waals surface area contributed by atoms with Gasteiger partial charge in [-0.2, -0.15) is 0 Å². The summed E-state index contributed by atoms with van der Waals surface area (Å²) in [7, 11) is -4.15. The Bertz CT molecular complexity index is 1740. The van der Waals surface area contributed by atoms with Crippen LogP contribution in [-0.4, -0.2) is 43.8 Å². The highest BCUT2D eigenvalue weighted by molar-refractivity contribution is 7.92. The Kier molecular flexibility index (Phi) is 10.8. The van der Waals surface area contributed by atoms with Crippen molar-refractivity contribution in [3.8, 4) is 0 Å². The minimum Gasteiger partial charge on any atom is -0.352 e. The molecule has 0 aliphatic carbocycles. The molecule has 0 fully saturated rings. The minimum absolute atomic E-state index is 0.0877. The third-order valence-corrected chi connectivity index (χ3v) is 9.59. The van der Waals surface area contributed by atoms with Crippen molar-refractivity contribution in [2.75, 3.05) is 10.8 Å². The highest BCUT2D eigenvalue weighted by Crippen LogP contribution is 2.29. The Labute approximate surface area is 268 Å². The fraction of sp³-hybridized carbons (Fsp3) is 0.297. The van der Waals surface area contributed by atoms with Crippen LogP contribution in [-0.2, 0) is 32.6 Å². The maximum atomic E-state index is 14.6. The zero-order valence-corrected chi connectivity index (χ0v) is 27.8. The van der Waals surface area contributed by atoms with Crippen molar-refractivity contribution in [1.29, 1.82) is 0 Å². The molecule has 2 amide bonds. The van der Waals surface area contributed by atoms with Crippen LogP contribution >= 0.6 is 0 Å². The number of carbonyl (C=O) groups is 2. The van der Waals surface area contributed by atoms with Gasteiger partial charge < -0.3 is 10.2 Å². The standard InChI is InChI=1S/C37H43N3O4S/c1-26(2)38-37(42)35(23-31-13-8-7-9-14-31)39(24-32-15-11-10-12-29(32)5)36(41)25-40(34-21-18-28(4)22-30(34)6)45(43,44)33-19-16-27(3)17-20-33/h7-22,26,35H,23-25H2,1-6H3,(H,38,42)/t35-/m0/s1. The second kappa shape index (κ2) is 14.6. The van der Waals surface area contributed by atoms with Crippen LogP contribution in [0.1, 0.15) is 47.2 Å². The molecule has 7 nitrogen and oxygen atoms in total. The minimum atomic E-state index is -4.15. The highest BCUT2D eigenvalue weighted by atomic mass is 32.2. The van der Waals surface area contributed by atoms with Crippen molar-refractivity contribution in [1.82, 2.24) is 10.2 Å². The normalized spacial score (nSPS) is 12.1. The van der Waals surface area contributed by atoms with Gasteiger partial charge in [-0.15, -0.1) is 0 Å². The molecule has 1 atom stereocenters. The molecule has 0 radical (unpaired) electrons. The number of aryl methyl sites for hydroxylation is 4. The number of hydrogen-bond donors (Lipinski definition) is 1. The van der Waals surface area contributed by atoms with E-state index in [9.17, 15) is 18.0 Å². The lowest BCUT2D eigenvalue weighted by Gasteiger charge is -2.34. The number of hydrogen-bond acceptors (Lipinski definition) is 4. The van der Waals surface area contributed by atoms with Crippen molar-refractivity contribution in [2.45, 2.75) is 71.5 Å². The lowest BCUT2D eigenvalue weighted by Crippen LogP contribution is -2.54. The summed E-state index contributed by atoms with van der Waals surface area (Å²) in [5.74, 6) is -0.774. The predicted molar refractivity (Wildman–Crippen MR) is 181 cm³/mol. The van der Waals surface area contributed by atoms with Gasteiger partial charge >= 0.3 is 0 Å². The number of nitrogens with one attached hydrogen (secondary N) is 1. The molecule has 0 unspecified atom stereocenters. The quantitative estimate of drug-likeness (QED) is 0.201. The molecule has 236 valence electrons. The van der Waals surface area contributed by atoms with Gasteiger partial charge in [-0.1, -0.05) is 90.0 Å². The van der Waals surface area contributed by atoms with Gasteiger partial charge in [0, 0.05) is 19.0 Å². The fourth-order valence-corrected chi connectivity index (χ4v) is 6.82. The summed E-state index contributed by atoms with van der Waals surface area (Å²) >= 11 is 0. The van der Waals surface area contributed by atoms with Crippen LogP contribution < -0.4 is 9.62 Å². The lowest BCUT2D eigenvalue weighted by molar-refractivity contribution is -0.140. The summed E-state index contributed by atoms with van der Waals surface area (Å²) in [5.41, 5.74) is 5.77. The van der Waals surface area contributed by atoms with E-state index in [1.165, 1.54) is 9.21 Å². The molecule has 0 aromatic heterocycles. The highest BCUT2D eigenvalue weighted by Gasteiger charge is 2.35. The summed E-state index contributed by atoms with van der Waals surface area (Å²) in [6, 6.07) is 28.3. The third kappa shape index (κ3) is 8.39. The molecule has 1 N–H and O–H groups in total. The van der Waals surface area contributed by atoms with Gasteiger partial charge in [-0.05, 0) is 82.0 Å². The van der Waals surface area contributed by atoms with Crippen LogP contribution in [0.25, 0.3) is 0 Å². The molecule has 0 bridgehead atoms. The number of rotatable bonds is 12. The Morgan fingerprint density at radius 2 is 1.38 bits per heavy atom. The van der Waals surface area contributed by atoms with E-state index in [-0.39, 0.29) is 29.8 Å². The van der Waals surface area contributed by atoms with E-state index in [4.69, 9.17) is 0 Å². The monoisotopic (exact) mass is 625 g/mol. The molecular weight excluding hydrogens is 582 g/mol. The molecule has 0 saturated carbocycles. The Balaban J connectivity index is 1.84. The predicted octanol–water partition coefficient (Wildman–Crippen LogP) is 6.28. The number of sulfonamides is 1. The van der Waals surface area contributed by atoms with Crippen molar-refractivity contribution in [2.24, 2.45) is 0 Å². The van der Waals surface area contributed by atoms with Crippen LogP contribution in [0.4, 0.5) is 5.69 Å². The molecule has 8 heteroatoms. The summed E-state index contributed by atoms with van der Waals surface area (Å²) < 4.78 is 29.7. The van der Waals surface area contributed by atoms with Crippen LogP contribution in [0.3, 0.4) is 0 Å². The van der Waals surface area contributed by atoms with Gasteiger partial charge in [0.15, 0.2) is 0 Å². The second-order valence-corrected chi connectivity index (χ2v) is 13.8.